The van der Waals surface area contributed by atoms with E-state index in [0.717, 1.165) is 37.4 Å². The van der Waals surface area contributed by atoms with E-state index in [-0.39, 0.29) is 11.8 Å². The van der Waals surface area contributed by atoms with E-state index in [1.165, 1.54) is 0 Å². The van der Waals surface area contributed by atoms with Gasteiger partial charge in [-0.25, -0.2) is 0 Å². The second kappa shape index (κ2) is 8.65. The molecule has 0 unspecified atom stereocenters. The SMILES string of the molecule is CCn1nc(C)c(C(=O)NCc2ccc(N3CCN(C(C)=O)CC3)cc2)c1Cl. The van der Waals surface area contributed by atoms with Crippen molar-refractivity contribution in [2.24, 2.45) is 0 Å². The number of nitrogens with zero attached hydrogens (tertiary/aromatic N) is 4. The van der Waals surface area contributed by atoms with Crippen LogP contribution < -0.4 is 10.2 Å². The third kappa shape index (κ3) is 4.30. The van der Waals surface area contributed by atoms with Gasteiger partial charge in [0.1, 0.15) is 5.15 Å². The number of hydrogen-bond donors (Lipinski definition) is 1. The largest absolute Gasteiger partial charge is 0.368 e. The molecule has 2 aromatic rings. The Morgan fingerprint density at radius 3 is 2.32 bits per heavy atom. The van der Waals surface area contributed by atoms with E-state index in [0.29, 0.717) is 29.5 Å². The van der Waals surface area contributed by atoms with E-state index in [9.17, 15) is 9.59 Å². The first kappa shape index (κ1) is 20.2. The molecular formula is C20H26ClN5O2. The summed E-state index contributed by atoms with van der Waals surface area (Å²) < 4.78 is 1.62. The third-order valence-corrected chi connectivity index (χ3v) is 5.46. The summed E-state index contributed by atoms with van der Waals surface area (Å²) in [6.45, 7) is 9.52. The van der Waals surface area contributed by atoms with Gasteiger partial charge in [0.15, 0.2) is 0 Å². The lowest BCUT2D eigenvalue weighted by molar-refractivity contribution is -0.129. The third-order valence-electron chi connectivity index (χ3n) is 5.07. The van der Waals surface area contributed by atoms with Gasteiger partial charge in [0, 0.05) is 51.9 Å². The Morgan fingerprint density at radius 1 is 1.14 bits per heavy atom. The number of piperazine rings is 1. The second-order valence-corrected chi connectivity index (χ2v) is 7.27. The molecule has 0 radical (unpaired) electrons. The Kier molecular flexibility index (Phi) is 6.24. The zero-order valence-electron chi connectivity index (χ0n) is 16.5. The molecule has 1 fully saturated rings. The van der Waals surface area contributed by atoms with Crippen LogP contribution >= 0.6 is 11.6 Å². The molecule has 150 valence electrons. The van der Waals surface area contributed by atoms with Crippen molar-refractivity contribution in [2.45, 2.75) is 33.9 Å². The van der Waals surface area contributed by atoms with Gasteiger partial charge in [0.05, 0.1) is 11.3 Å². The molecule has 7 nitrogen and oxygen atoms in total. The van der Waals surface area contributed by atoms with Gasteiger partial charge in [0.25, 0.3) is 5.91 Å². The number of rotatable bonds is 5. The molecule has 0 saturated carbocycles. The van der Waals surface area contributed by atoms with E-state index in [1.54, 1.807) is 18.5 Å². The maximum atomic E-state index is 12.5. The predicted octanol–water partition coefficient (Wildman–Crippen LogP) is 2.46. The van der Waals surface area contributed by atoms with Crippen molar-refractivity contribution >= 4 is 29.1 Å². The van der Waals surface area contributed by atoms with E-state index in [2.05, 4.69) is 27.4 Å². The fourth-order valence-electron chi connectivity index (χ4n) is 3.40. The highest BCUT2D eigenvalue weighted by Gasteiger charge is 2.20. The second-order valence-electron chi connectivity index (χ2n) is 6.91. The molecule has 1 aliphatic heterocycles. The average molecular weight is 404 g/mol. The van der Waals surface area contributed by atoms with Crippen molar-refractivity contribution in [1.29, 1.82) is 0 Å². The highest BCUT2D eigenvalue weighted by molar-refractivity contribution is 6.33. The van der Waals surface area contributed by atoms with Gasteiger partial charge in [-0.2, -0.15) is 5.10 Å². The number of hydrogen-bond acceptors (Lipinski definition) is 4. The molecule has 1 aromatic carbocycles. The molecule has 0 bridgehead atoms. The van der Waals surface area contributed by atoms with Gasteiger partial charge >= 0.3 is 0 Å². The van der Waals surface area contributed by atoms with Gasteiger partial charge in [-0.15, -0.1) is 0 Å². The van der Waals surface area contributed by atoms with Crippen LogP contribution in [0.2, 0.25) is 5.15 Å². The summed E-state index contributed by atoms with van der Waals surface area (Å²) in [7, 11) is 0. The number of nitrogens with one attached hydrogen (secondary N) is 1. The molecule has 3 rings (SSSR count). The molecule has 2 heterocycles. The average Bonchev–Trinajstić information content (AvgIpc) is 3.00. The number of carbonyl (C=O) groups is 2. The van der Waals surface area contributed by atoms with Crippen LogP contribution in [0.3, 0.4) is 0 Å². The lowest BCUT2D eigenvalue weighted by Crippen LogP contribution is -2.48. The molecule has 0 aliphatic carbocycles. The van der Waals surface area contributed by atoms with E-state index < -0.39 is 0 Å². The lowest BCUT2D eigenvalue weighted by Gasteiger charge is -2.35. The number of benzene rings is 1. The number of aryl methyl sites for hydroxylation is 2. The molecule has 28 heavy (non-hydrogen) atoms. The summed E-state index contributed by atoms with van der Waals surface area (Å²) in [4.78, 5) is 28.1. The minimum Gasteiger partial charge on any atom is -0.368 e. The normalized spacial score (nSPS) is 14.3. The number of anilines is 1. The summed E-state index contributed by atoms with van der Waals surface area (Å²) in [6, 6.07) is 8.13. The van der Waals surface area contributed by atoms with Crippen LogP contribution in [0.15, 0.2) is 24.3 Å². The van der Waals surface area contributed by atoms with Crippen molar-refractivity contribution in [3.63, 3.8) is 0 Å². The molecule has 1 N–H and O–H groups in total. The van der Waals surface area contributed by atoms with Crippen LogP contribution in [-0.4, -0.2) is 52.7 Å². The summed E-state index contributed by atoms with van der Waals surface area (Å²) >= 11 is 6.25. The molecule has 1 saturated heterocycles. The maximum absolute atomic E-state index is 12.5. The van der Waals surface area contributed by atoms with Crippen LogP contribution in [0.4, 0.5) is 5.69 Å². The zero-order valence-corrected chi connectivity index (χ0v) is 17.3. The Hall–Kier alpha value is -2.54. The Morgan fingerprint density at radius 2 is 1.79 bits per heavy atom. The topological polar surface area (TPSA) is 70.5 Å². The summed E-state index contributed by atoms with van der Waals surface area (Å²) in [5.41, 5.74) is 3.20. The van der Waals surface area contributed by atoms with Crippen molar-refractivity contribution in [3.05, 3.63) is 46.2 Å². The molecule has 8 heteroatoms. The fourth-order valence-corrected chi connectivity index (χ4v) is 3.78. The molecule has 0 atom stereocenters. The predicted molar refractivity (Wildman–Crippen MR) is 110 cm³/mol. The quantitative estimate of drug-likeness (QED) is 0.832. The Balaban J connectivity index is 1.57. The number of halogens is 1. The van der Waals surface area contributed by atoms with Crippen molar-refractivity contribution in [2.75, 3.05) is 31.1 Å². The van der Waals surface area contributed by atoms with Crippen LogP contribution in [0.5, 0.6) is 0 Å². The standard InChI is InChI=1S/C20H26ClN5O2/c1-4-26-19(21)18(14(2)23-26)20(28)22-13-16-5-7-17(8-6-16)25-11-9-24(10-12-25)15(3)27/h5-8H,4,9-13H2,1-3H3,(H,22,28). The number of aromatic nitrogens is 2. The van der Waals surface area contributed by atoms with E-state index in [1.807, 2.05) is 24.0 Å². The molecule has 1 aromatic heterocycles. The maximum Gasteiger partial charge on any atom is 0.256 e. The summed E-state index contributed by atoms with van der Waals surface area (Å²) in [5, 5.41) is 7.57. The van der Waals surface area contributed by atoms with Crippen LogP contribution in [0.1, 0.15) is 35.5 Å². The van der Waals surface area contributed by atoms with Crippen LogP contribution in [0.25, 0.3) is 0 Å². The smallest absolute Gasteiger partial charge is 0.256 e. The Bertz CT molecular complexity index is 854. The first-order valence-electron chi connectivity index (χ1n) is 9.51. The molecule has 0 spiro atoms. The molecular weight excluding hydrogens is 378 g/mol. The zero-order chi connectivity index (χ0) is 20.3. The van der Waals surface area contributed by atoms with Gasteiger partial charge in [0.2, 0.25) is 5.91 Å². The number of carbonyl (C=O) groups excluding carboxylic acids is 2. The first-order valence-corrected chi connectivity index (χ1v) is 9.89. The summed E-state index contributed by atoms with van der Waals surface area (Å²) in [6.07, 6.45) is 0. The van der Waals surface area contributed by atoms with Gasteiger partial charge in [-0.05, 0) is 31.5 Å². The van der Waals surface area contributed by atoms with Crippen molar-refractivity contribution < 1.29 is 9.59 Å². The highest BCUT2D eigenvalue weighted by Crippen LogP contribution is 2.20. The highest BCUT2D eigenvalue weighted by atomic mass is 35.5. The van der Waals surface area contributed by atoms with Gasteiger partial charge < -0.3 is 15.1 Å². The molecule has 2 amide bonds. The van der Waals surface area contributed by atoms with Gasteiger partial charge in [-0.3, -0.25) is 14.3 Å². The molecule has 1 aliphatic rings. The van der Waals surface area contributed by atoms with Crippen LogP contribution in [-0.2, 0) is 17.9 Å². The minimum absolute atomic E-state index is 0.130. The van der Waals surface area contributed by atoms with E-state index >= 15 is 0 Å². The number of amides is 2. The Labute approximate surface area is 170 Å². The monoisotopic (exact) mass is 403 g/mol. The van der Waals surface area contributed by atoms with Crippen molar-refractivity contribution in [3.8, 4) is 0 Å². The minimum atomic E-state index is -0.216. The first-order chi connectivity index (χ1) is 13.4. The lowest BCUT2D eigenvalue weighted by atomic mass is 10.1. The van der Waals surface area contributed by atoms with E-state index in [4.69, 9.17) is 11.6 Å². The van der Waals surface area contributed by atoms with Crippen molar-refractivity contribution in [1.82, 2.24) is 20.0 Å². The summed E-state index contributed by atoms with van der Waals surface area (Å²) in [5.74, 6) is -0.0859. The van der Waals surface area contributed by atoms with Crippen LogP contribution in [0, 0.1) is 6.92 Å². The fraction of sp³-hybridized carbons (Fsp3) is 0.450. The van der Waals surface area contributed by atoms with Gasteiger partial charge in [-0.1, -0.05) is 23.7 Å².